The highest BCUT2D eigenvalue weighted by atomic mass is 16.5. The van der Waals surface area contributed by atoms with Crippen LogP contribution in [0.15, 0.2) is 24.3 Å². The third-order valence-electron chi connectivity index (χ3n) is 2.79. The van der Waals surface area contributed by atoms with Gasteiger partial charge in [0, 0.05) is 6.61 Å². The van der Waals surface area contributed by atoms with Gasteiger partial charge in [0.15, 0.2) is 0 Å². The average Bonchev–Trinajstić information content (AvgIpc) is 2.38. The second-order valence-electron chi connectivity index (χ2n) is 4.13. The van der Waals surface area contributed by atoms with Crippen molar-refractivity contribution < 1.29 is 19.4 Å². The Morgan fingerprint density at radius 3 is 3.06 bits per heavy atom. The average molecular weight is 236 g/mol. The zero-order valence-electron chi connectivity index (χ0n) is 9.59. The van der Waals surface area contributed by atoms with Crippen molar-refractivity contribution in [3.63, 3.8) is 0 Å². The summed E-state index contributed by atoms with van der Waals surface area (Å²) in [7, 11) is 0. The van der Waals surface area contributed by atoms with Crippen molar-refractivity contribution in [1.29, 1.82) is 0 Å². The summed E-state index contributed by atoms with van der Waals surface area (Å²) in [4.78, 5) is 10.8. The first kappa shape index (κ1) is 11.9. The summed E-state index contributed by atoms with van der Waals surface area (Å²) in [5.41, 5.74) is 0.243. The Morgan fingerprint density at radius 1 is 1.47 bits per heavy atom. The van der Waals surface area contributed by atoms with Gasteiger partial charge in [-0.15, -0.1) is 0 Å². The normalized spacial score (nSPS) is 19.9. The molecular formula is C13H16O4. The molecule has 0 aliphatic carbocycles. The number of benzene rings is 1. The van der Waals surface area contributed by atoms with Crippen LogP contribution < -0.4 is 4.74 Å². The molecule has 1 aromatic carbocycles. The summed E-state index contributed by atoms with van der Waals surface area (Å²) >= 11 is 0. The Kier molecular flexibility index (Phi) is 3.98. The van der Waals surface area contributed by atoms with E-state index in [0.717, 1.165) is 19.4 Å². The van der Waals surface area contributed by atoms with Gasteiger partial charge in [-0.2, -0.15) is 0 Å². The molecule has 1 atom stereocenters. The van der Waals surface area contributed by atoms with Crippen molar-refractivity contribution in [2.24, 2.45) is 0 Å². The molecule has 1 unspecified atom stereocenters. The first-order chi connectivity index (χ1) is 8.25. The van der Waals surface area contributed by atoms with E-state index < -0.39 is 5.97 Å². The molecule has 0 radical (unpaired) electrons. The minimum absolute atomic E-state index is 0.136. The van der Waals surface area contributed by atoms with E-state index in [-0.39, 0.29) is 11.7 Å². The van der Waals surface area contributed by atoms with Crippen LogP contribution in [0, 0.1) is 0 Å². The summed E-state index contributed by atoms with van der Waals surface area (Å²) in [6.07, 6.45) is 3.43. The molecule has 0 amide bonds. The van der Waals surface area contributed by atoms with Gasteiger partial charge in [0.05, 0.1) is 11.7 Å². The van der Waals surface area contributed by atoms with Crippen LogP contribution >= 0.6 is 0 Å². The molecule has 1 heterocycles. The highest BCUT2D eigenvalue weighted by Crippen LogP contribution is 2.17. The minimum Gasteiger partial charge on any atom is -0.491 e. The molecule has 0 bridgehead atoms. The van der Waals surface area contributed by atoms with Crippen LogP contribution in [0.2, 0.25) is 0 Å². The predicted molar refractivity (Wildman–Crippen MR) is 62.5 cm³/mol. The number of hydrogen-bond acceptors (Lipinski definition) is 3. The Bertz CT molecular complexity index is 383. The predicted octanol–water partition coefficient (Wildman–Crippen LogP) is 2.33. The van der Waals surface area contributed by atoms with Gasteiger partial charge >= 0.3 is 5.97 Å². The second kappa shape index (κ2) is 5.68. The van der Waals surface area contributed by atoms with Crippen molar-refractivity contribution in [3.05, 3.63) is 29.8 Å². The lowest BCUT2D eigenvalue weighted by Gasteiger charge is -2.22. The van der Waals surface area contributed by atoms with E-state index in [1.807, 2.05) is 0 Å². The quantitative estimate of drug-likeness (QED) is 0.871. The summed E-state index contributed by atoms with van der Waals surface area (Å²) in [5, 5.41) is 8.85. The molecule has 1 aromatic rings. The van der Waals surface area contributed by atoms with E-state index in [0.29, 0.717) is 12.4 Å². The molecular weight excluding hydrogens is 220 g/mol. The van der Waals surface area contributed by atoms with Crippen molar-refractivity contribution in [2.45, 2.75) is 25.4 Å². The molecule has 4 heteroatoms. The standard InChI is InChI=1S/C13H16O4/c14-13(15)10-4-3-6-11(8-10)17-9-12-5-1-2-7-16-12/h3-4,6,8,12H,1-2,5,7,9H2,(H,14,15). The highest BCUT2D eigenvalue weighted by Gasteiger charge is 2.14. The molecule has 17 heavy (non-hydrogen) atoms. The summed E-state index contributed by atoms with van der Waals surface area (Å²) in [6.45, 7) is 1.28. The number of carbonyl (C=O) groups is 1. The van der Waals surface area contributed by atoms with E-state index in [9.17, 15) is 4.79 Å². The maximum absolute atomic E-state index is 10.8. The van der Waals surface area contributed by atoms with Crippen LogP contribution in [0.3, 0.4) is 0 Å². The van der Waals surface area contributed by atoms with E-state index in [4.69, 9.17) is 14.6 Å². The lowest BCUT2D eigenvalue weighted by Crippen LogP contribution is -2.25. The summed E-state index contributed by atoms with van der Waals surface area (Å²) in [5.74, 6) is -0.358. The third-order valence-corrected chi connectivity index (χ3v) is 2.79. The highest BCUT2D eigenvalue weighted by molar-refractivity contribution is 5.87. The zero-order valence-corrected chi connectivity index (χ0v) is 9.59. The van der Waals surface area contributed by atoms with Crippen molar-refractivity contribution >= 4 is 5.97 Å². The fourth-order valence-electron chi connectivity index (χ4n) is 1.85. The second-order valence-corrected chi connectivity index (χ2v) is 4.13. The van der Waals surface area contributed by atoms with E-state index in [1.54, 1.807) is 18.2 Å². The Balaban J connectivity index is 1.89. The maximum atomic E-state index is 10.8. The Hall–Kier alpha value is -1.55. The van der Waals surface area contributed by atoms with Gasteiger partial charge in [0.1, 0.15) is 12.4 Å². The molecule has 0 saturated carbocycles. The number of ether oxygens (including phenoxy) is 2. The first-order valence-corrected chi connectivity index (χ1v) is 5.83. The largest absolute Gasteiger partial charge is 0.491 e. The van der Waals surface area contributed by atoms with E-state index >= 15 is 0 Å². The molecule has 2 rings (SSSR count). The van der Waals surface area contributed by atoms with Gasteiger partial charge in [-0.3, -0.25) is 0 Å². The lowest BCUT2D eigenvalue weighted by molar-refractivity contribution is -0.0110. The fraction of sp³-hybridized carbons (Fsp3) is 0.462. The third kappa shape index (κ3) is 3.46. The lowest BCUT2D eigenvalue weighted by atomic mass is 10.1. The van der Waals surface area contributed by atoms with Gasteiger partial charge < -0.3 is 14.6 Å². The van der Waals surface area contributed by atoms with Crippen LogP contribution in [-0.4, -0.2) is 30.4 Å². The minimum atomic E-state index is -0.940. The van der Waals surface area contributed by atoms with Gasteiger partial charge in [-0.05, 0) is 37.5 Å². The number of hydrogen-bond donors (Lipinski definition) is 1. The monoisotopic (exact) mass is 236 g/mol. The van der Waals surface area contributed by atoms with E-state index in [2.05, 4.69) is 0 Å². The van der Waals surface area contributed by atoms with Crippen molar-refractivity contribution in [1.82, 2.24) is 0 Å². The SMILES string of the molecule is O=C(O)c1cccc(OCC2CCCCO2)c1. The smallest absolute Gasteiger partial charge is 0.335 e. The molecule has 1 aliphatic heterocycles. The van der Waals surface area contributed by atoms with Gasteiger partial charge in [-0.1, -0.05) is 6.07 Å². The summed E-state index contributed by atoms with van der Waals surface area (Å²) in [6, 6.07) is 6.52. The maximum Gasteiger partial charge on any atom is 0.335 e. The summed E-state index contributed by atoms with van der Waals surface area (Å²) < 4.78 is 11.1. The number of rotatable bonds is 4. The molecule has 92 valence electrons. The first-order valence-electron chi connectivity index (χ1n) is 5.83. The van der Waals surface area contributed by atoms with Crippen LogP contribution in [0.4, 0.5) is 0 Å². The van der Waals surface area contributed by atoms with Gasteiger partial charge in [-0.25, -0.2) is 4.79 Å². The molecule has 1 N–H and O–H groups in total. The molecule has 0 aromatic heterocycles. The van der Waals surface area contributed by atoms with Crippen molar-refractivity contribution in [2.75, 3.05) is 13.2 Å². The molecule has 4 nitrogen and oxygen atoms in total. The Labute approximate surface area is 100 Å². The molecule has 1 saturated heterocycles. The zero-order chi connectivity index (χ0) is 12.1. The fourth-order valence-corrected chi connectivity index (χ4v) is 1.85. The topological polar surface area (TPSA) is 55.8 Å². The van der Waals surface area contributed by atoms with Gasteiger partial charge in [0.25, 0.3) is 0 Å². The van der Waals surface area contributed by atoms with E-state index in [1.165, 1.54) is 12.5 Å². The number of carboxylic acid groups (broad SMARTS) is 1. The van der Waals surface area contributed by atoms with Crippen molar-refractivity contribution in [3.8, 4) is 5.75 Å². The van der Waals surface area contributed by atoms with Gasteiger partial charge in [0.2, 0.25) is 0 Å². The van der Waals surface area contributed by atoms with Crippen LogP contribution in [0.1, 0.15) is 29.6 Å². The van der Waals surface area contributed by atoms with Crippen LogP contribution in [0.5, 0.6) is 5.75 Å². The molecule has 1 fully saturated rings. The van der Waals surface area contributed by atoms with Crippen LogP contribution in [-0.2, 0) is 4.74 Å². The Morgan fingerprint density at radius 2 is 2.35 bits per heavy atom. The van der Waals surface area contributed by atoms with Crippen LogP contribution in [0.25, 0.3) is 0 Å². The molecule has 0 spiro atoms. The molecule has 1 aliphatic rings. The number of carboxylic acids is 1. The number of aromatic carboxylic acids is 1.